The standard InChI is InChI=1S/C16H17N3O6S2/c1-18(25-2)27(23,24)13-7-4-11(5-8-13)17-16(20)14-10-12(26-3)6-9-15(14)19(21)22/h4-10H,1-3H3,(H,17,20). The van der Waals surface area contributed by atoms with Crippen LogP contribution >= 0.6 is 11.8 Å². The third-order valence-corrected chi connectivity index (χ3v) is 6.07. The zero-order valence-electron chi connectivity index (χ0n) is 14.7. The minimum atomic E-state index is -3.81. The van der Waals surface area contributed by atoms with Crippen LogP contribution in [0.25, 0.3) is 0 Å². The molecule has 0 aliphatic rings. The molecule has 1 amide bonds. The van der Waals surface area contributed by atoms with E-state index >= 15 is 0 Å². The number of nitrogens with one attached hydrogen (secondary N) is 1. The van der Waals surface area contributed by atoms with Gasteiger partial charge in [0.25, 0.3) is 21.6 Å². The minimum Gasteiger partial charge on any atom is -0.322 e. The van der Waals surface area contributed by atoms with E-state index in [1.54, 1.807) is 12.3 Å². The van der Waals surface area contributed by atoms with Gasteiger partial charge in [0.15, 0.2) is 0 Å². The van der Waals surface area contributed by atoms with Gasteiger partial charge in [0.2, 0.25) is 0 Å². The second-order valence-electron chi connectivity index (χ2n) is 5.22. The first kappa shape index (κ1) is 20.8. The van der Waals surface area contributed by atoms with Crippen molar-refractivity contribution in [2.45, 2.75) is 9.79 Å². The van der Waals surface area contributed by atoms with E-state index in [0.717, 1.165) is 0 Å². The molecule has 0 spiro atoms. The van der Waals surface area contributed by atoms with Crippen LogP contribution in [0.1, 0.15) is 10.4 Å². The van der Waals surface area contributed by atoms with E-state index in [4.69, 9.17) is 0 Å². The van der Waals surface area contributed by atoms with Gasteiger partial charge in [0, 0.05) is 23.7 Å². The molecule has 0 unspecified atom stereocenters. The Morgan fingerprint density at radius 2 is 1.85 bits per heavy atom. The van der Waals surface area contributed by atoms with Crippen molar-refractivity contribution >= 4 is 39.1 Å². The Morgan fingerprint density at radius 1 is 1.22 bits per heavy atom. The number of nitro groups is 1. The van der Waals surface area contributed by atoms with Crippen LogP contribution in [-0.4, -0.2) is 44.1 Å². The van der Waals surface area contributed by atoms with Gasteiger partial charge in [-0.05, 0) is 42.7 Å². The Labute approximate surface area is 160 Å². The molecule has 0 saturated heterocycles. The van der Waals surface area contributed by atoms with Gasteiger partial charge >= 0.3 is 0 Å². The summed E-state index contributed by atoms with van der Waals surface area (Å²) in [5.41, 5.74) is -0.100. The van der Waals surface area contributed by atoms with Gasteiger partial charge < -0.3 is 5.32 Å². The number of anilines is 1. The average molecular weight is 411 g/mol. The minimum absolute atomic E-state index is 0.0276. The second kappa shape index (κ2) is 8.48. The first-order valence-electron chi connectivity index (χ1n) is 7.47. The van der Waals surface area contributed by atoms with Crippen LogP contribution in [0.3, 0.4) is 0 Å². The first-order valence-corrected chi connectivity index (χ1v) is 10.1. The van der Waals surface area contributed by atoms with Crippen LogP contribution < -0.4 is 5.32 Å². The van der Waals surface area contributed by atoms with Crippen LogP contribution in [0.2, 0.25) is 0 Å². The van der Waals surface area contributed by atoms with Crippen LogP contribution in [0.5, 0.6) is 0 Å². The monoisotopic (exact) mass is 411 g/mol. The molecule has 0 fully saturated rings. The third-order valence-electron chi connectivity index (χ3n) is 3.65. The largest absolute Gasteiger partial charge is 0.322 e. The van der Waals surface area contributed by atoms with E-state index in [1.807, 2.05) is 0 Å². The summed E-state index contributed by atoms with van der Waals surface area (Å²) < 4.78 is 25.0. The Balaban J connectivity index is 2.28. The molecule has 11 heteroatoms. The van der Waals surface area contributed by atoms with E-state index in [9.17, 15) is 23.3 Å². The second-order valence-corrected chi connectivity index (χ2v) is 8.03. The van der Waals surface area contributed by atoms with Crippen molar-refractivity contribution in [3.63, 3.8) is 0 Å². The van der Waals surface area contributed by atoms with Crippen LogP contribution in [0.15, 0.2) is 52.3 Å². The zero-order chi connectivity index (χ0) is 20.2. The molecule has 27 heavy (non-hydrogen) atoms. The summed E-state index contributed by atoms with van der Waals surface area (Å²) in [7, 11) is -1.33. The lowest BCUT2D eigenvalue weighted by atomic mass is 10.1. The predicted octanol–water partition coefficient (Wildman–Crippen LogP) is 2.75. The highest BCUT2D eigenvalue weighted by atomic mass is 32.2. The average Bonchev–Trinajstić information content (AvgIpc) is 2.66. The van der Waals surface area contributed by atoms with Crippen LogP contribution in [0, 0.1) is 10.1 Å². The number of nitro benzene ring substituents is 1. The number of rotatable bonds is 7. The highest BCUT2D eigenvalue weighted by Gasteiger charge is 2.22. The number of carbonyl (C=O) groups is 1. The number of amides is 1. The molecule has 1 N–H and O–H groups in total. The molecule has 0 heterocycles. The molecule has 0 aliphatic heterocycles. The lowest BCUT2D eigenvalue weighted by Crippen LogP contribution is -2.25. The van der Waals surface area contributed by atoms with Crippen molar-refractivity contribution in [1.82, 2.24) is 4.47 Å². The van der Waals surface area contributed by atoms with Gasteiger partial charge in [0.05, 0.1) is 16.9 Å². The van der Waals surface area contributed by atoms with Gasteiger partial charge in [-0.15, -0.1) is 11.8 Å². The fraction of sp³-hybridized carbons (Fsp3) is 0.188. The molecule has 0 bridgehead atoms. The molecule has 9 nitrogen and oxygen atoms in total. The first-order chi connectivity index (χ1) is 12.7. The van der Waals surface area contributed by atoms with Crippen molar-refractivity contribution in [3.8, 4) is 0 Å². The number of hydrogen-bond acceptors (Lipinski definition) is 7. The highest BCUT2D eigenvalue weighted by molar-refractivity contribution is 7.98. The summed E-state index contributed by atoms with van der Waals surface area (Å²) in [4.78, 5) is 28.4. The fourth-order valence-corrected chi connectivity index (χ4v) is 3.55. The van der Waals surface area contributed by atoms with Crippen molar-refractivity contribution in [1.29, 1.82) is 0 Å². The highest BCUT2D eigenvalue weighted by Crippen LogP contribution is 2.26. The molecule has 144 valence electrons. The summed E-state index contributed by atoms with van der Waals surface area (Å²) in [5.74, 6) is -0.665. The molecule has 0 aromatic heterocycles. The number of carbonyl (C=O) groups excluding carboxylic acids is 1. The molecule has 0 saturated carbocycles. The van der Waals surface area contributed by atoms with E-state index in [1.165, 1.54) is 62.3 Å². The molecule has 0 aliphatic carbocycles. The summed E-state index contributed by atoms with van der Waals surface area (Å²) >= 11 is 1.35. The van der Waals surface area contributed by atoms with Crippen molar-refractivity contribution in [2.24, 2.45) is 0 Å². The number of hydrogen-bond donors (Lipinski definition) is 1. The number of thioether (sulfide) groups is 1. The summed E-state index contributed by atoms with van der Waals surface area (Å²) in [6.45, 7) is 0. The molecular weight excluding hydrogens is 394 g/mol. The maximum atomic E-state index is 12.5. The van der Waals surface area contributed by atoms with Gasteiger partial charge in [-0.2, -0.15) is 0 Å². The number of hydroxylamine groups is 1. The van der Waals surface area contributed by atoms with E-state index < -0.39 is 20.9 Å². The van der Waals surface area contributed by atoms with Gasteiger partial charge in [-0.1, -0.05) is 4.47 Å². The Hall–Kier alpha value is -2.47. The Morgan fingerprint density at radius 3 is 2.37 bits per heavy atom. The summed E-state index contributed by atoms with van der Waals surface area (Å²) in [5, 5.41) is 13.7. The zero-order valence-corrected chi connectivity index (χ0v) is 16.3. The van der Waals surface area contributed by atoms with E-state index in [2.05, 4.69) is 10.2 Å². The van der Waals surface area contributed by atoms with Crippen molar-refractivity contribution < 1.29 is 23.0 Å². The fourth-order valence-electron chi connectivity index (χ4n) is 2.14. The third kappa shape index (κ3) is 4.63. The quantitative estimate of drug-likeness (QED) is 0.423. The SMILES string of the molecule is CON(C)S(=O)(=O)c1ccc(NC(=O)c2cc(SC)ccc2[N+](=O)[O-])cc1. The molecule has 0 atom stereocenters. The number of benzene rings is 2. The Kier molecular flexibility index (Phi) is 6.54. The number of sulfonamides is 1. The molecule has 2 rings (SSSR count). The molecule has 0 radical (unpaired) electrons. The van der Waals surface area contributed by atoms with Crippen molar-refractivity contribution in [3.05, 3.63) is 58.1 Å². The molecule has 2 aromatic rings. The lowest BCUT2D eigenvalue weighted by Gasteiger charge is -2.14. The lowest BCUT2D eigenvalue weighted by molar-refractivity contribution is -0.385. The normalized spacial score (nSPS) is 11.4. The molecular formula is C16H17N3O6S2. The van der Waals surface area contributed by atoms with Crippen LogP contribution in [-0.2, 0) is 14.9 Å². The predicted molar refractivity (Wildman–Crippen MR) is 101 cm³/mol. The number of nitrogens with zero attached hydrogens (tertiary/aromatic N) is 2. The van der Waals surface area contributed by atoms with Gasteiger partial charge in [-0.25, -0.2) is 8.42 Å². The topological polar surface area (TPSA) is 119 Å². The summed E-state index contributed by atoms with van der Waals surface area (Å²) in [6, 6.07) is 9.64. The van der Waals surface area contributed by atoms with Crippen LogP contribution in [0.4, 0.5) is 11.4 Å². The van der Waals surface area contributed by atoms with E-state index in [0.29, 0.717) is 15.1 Å². The van der Waals surface area contributed by atoms with E-state index in [-0.39, 0.29) is 16.1 Å². The van der Waals surface area contributed by atoms with Crippen molar-refractivity contribution in [2.75, 3.05) is 25.7 Å². The maximum absolute atomic E-state index is 12.5. The maximum Gasteiger partial charge on any atom is 0.282 e. The smallest absolute Gasteiger partial charge is 0.282 e. The van der Waals surface area contributed by atoms with Gasteiger partial charge in [-0.3, -0.25) is 19.7 Å². The molecule has 2 aromatic carbocycles. The summed E-state index contributed by atoms with van der Waals surface area (Å²) in [6.07, 6.45) is 1.79. The van der Waals surface area contributed by atoms with Gasteiger partial charge in [0.1, 0.15) is 5.56 Å². The Bertz CT molecular complexity index is 961.